The van der Waals surface area contributed by atoms with Crippen LogP contribution in [0.3, 0.4) is 0 Å². The highest BCUT2D eigenvalue weighted by molar-refractivity contribution is 5.70. The first kappa shape index (κ1) is 30.3. The van der Waals surface area contributed by atoms with E-state index in [-0.39, 0.29) is 13.0 Å². The summed E-state index contributed by atoms with van der Waals surface area (Å²) in [6.07, 6.45) is -1.08. The molecule has 0 aromatic heterocycles. The van der Waals surface area contributed by atoms with Crippen molar-refractivity contribution in [2.75, 3.05) is 6.61 Å². The molecule has 1 aliphatic rings. The highest BCUT2D eigenvalue weighted by Crippen LogP contribution is 2.42. The number of ether oxygens (including phenoxy) is 4. The number of carbonyl (C=O) groups is 1. The lowest BCUT2D eigenvalue weighted by Crippen LogP contribution is -2.51. The molecular formula is C34H40N2O5. The Morgan fingerprint density at radius 2 is 1.37 bits per heavy atom. The van der Waals surface area contributed by atoms with E-state index in [9.17, 15) is 10.1 Å². The van der Waals surface area contributed by atoms with Gasteiger partial charge in [-0.25, -0.2) is 4.79 Å². The minimum Gasteiger partial charge on any atom is -0.444 e. The molecule has 4 atom stereocenters. The van der Waals surface area contributed by atoms with Crippen LogP contribution in [0.5, 0.6) is 0 Å². The molecule has 41 heavy (non-hydrogen) atoms. The van der Waals surface area contributed by atoms with Gasteiger partial charge in [0.1, 0.15) is 17.3 Å². The first-order valence-electron chi connectivity index (χ1n) is 14.0. The van der Waals surface area contributed by atoms with Crippen LogP contribution in [0.4, 0.5) is 4.79 Å². The van der Waals surface area contributed by atoms with Crippen molar-refractivity contribution >= 4 is 6.09 Å². The van der Waals surface area contributed by atoms with Crippen LogP contribution in [-0.4, -0.2) is 47.0 Å². The molecule has 7 nitrogen and oxygen atoms in total. The van der Waals surface area contributed by atoms with Gasteiger partial charge in [0.05, 0.1) is 51.0 Å². The fourth-order valence-corrected chi connectivity index (χ4v) is 5.26. The van der Waals surface area contributed by atoms with Crippen molar-refractivity contribution in [2.24, 2.45) is 0 Å². The second-order valence-electron chi connectivity index (χ2n) is 11.5. The van der Waals surface area contributed by atoms with Gasteiger partial charge in [-0.05, 0) is 44.4 Å². The van der Waals surface area contributed by atoms with Crippen molar-refractivity contribution in [3.63, 3.8) is 0 Å². The van der Waals surface area contributed by atoms with Gasteiger partial charge in [-0.3, -0.25) is 4.90 Å². The van der Waals surface area contributed by atoms with E-state index in [1.165, 1.54) is 0 Å². The van der Waals surface area contributed by atoms with Crippen molar-refractivity contribution < 1.29 is 23.7 Å². The number of hydrogen-bond donors (Lipinski definition) is 0. The molecule has 0 unspecified atom stereocenters. The molecule has 7 heteroatoms. The zero-order chi connectivity index (χ0) is 29.3. The Kier molecular flexibility index (Phi) is 10.2. The Morgan fingerprint density at radius 3 is 1.88 bits per heavy atom. The largest absolute Gasteiger partial charge is 0.444 e. The van der Waals surface area contributed by atoms with Gasteiger partial charge in [-0.15, -0.1) is 0 Å². The number of likely N-dealkylation sites (tertiary alicyclic amines) is 1. The topological polar surface area (TPSA) is 81.0 Å². The molecule has 0 aliphatic carbocycles. The predicted octanol–water partition coefficient (Wildman–Crippen LogP) is 6.67. The van der Waals surface area contributed by atoms with Gasteiger partial charge in [0.15, 0.2) is 0 Å². The van der Waals surface area contributed by atoms with E-state index in [0.29, 0.717) is 19.8 Å². The fraction of sp³-hybridized carbons (Fsp3) is 0.412. The van der Waals surface area contributed by atoms with Crippen LogP contribution in [0.1, 0.15) is 50.8 Å². The SMILES string of the molecule is CC(C)(C)OC(=O)N1[C@H](COCc2ccccc2)[C@@H](OCc2ccccc2)[C@@](C)(OCc2ccccc2)[C@@H]1CC#N. The third-order valence-electron chi connectivity index (χ3n) is 7.22. The van der Waals surface area contributed by atoms with Crippen LogP contribution in [0.25, 0.3) is 0 Å². The summed E-state index contributed by atoms with van der Waals surface area (Å²) in [5, 5.41) is 9.93. The molecule has 1 saturated heterocycles. The average molecular weight is 557 g/mol. The summed E-state index contributed by atoms with van der Waals surface area (Å²) >= 11 is 0. The molecule has 1 fully saturated rings. The Balaban J connectivity index is 1.70. The number of amides is 1. The summed E-state index contributed by atoms with van der Waals surface area (Å²) in [5.74, 6) is 0. The average Bonchev–Trinajstić information content (AvgIpc) is 3.19. The van der Waals surface area contributed by atoms with Crippen molar-refractivity contribution in [3.05, 3.63) is 108 Å². The molecule has 0 N–H and O–H groups in total. The molecule has 1 heterocycles. The third-order valence-corrected chi connectivity index (χ3v) is 7.22. The summed E-state index contributed by atoms with van der Waals surface area (Å²) in [4.78, 5) is 15.4. The maximum Gasteiger partial charge on any atom is 0.411 e. The highest BCUT2D eigenvalue weighted by Gasteiger charge is 2.61. The lowest BCUT2D eigenvalue weighted by Gasteiger charge is -2.36. The van der Waals surface area contributed by atoms with Crippen LogP contribution in [0, 0.1) is 11.3 Å². The maximum atomic E-state index is 13.8. The monoisotopic (exact) mass is 556 g/mol. The Morgan fingerprint density at radius 1 is 0.854 bits per heavy atom. The van der Waals surface area contributed by atoms with E-state index in [0.717, 1.165) is 16.7 Å². The fourth-order valence-electron chi connectivity index (χ4n) is 5.26. The Hall–Kier alpha value is -3.70. The van der Waals surface area contributed by atoms with Crippen LogP contribution in [-0.2, 0) is 38.8 Å². The molecule has 4 rings (SSSR count). The molecule has 1 aliphatic heterocycles. The number of carbonyl (C=O) groups excluding carboxylic acids is 1. The molecule has 1 amide bonds. The van der Waals surface area contributed by atoms with E-state index in [1.807, 2.05) is 119 Å². The van der Waals surface area contributed by atoms with Gasteiger partial charge in [0.25, 0.3) is 0 Å². The summed E-state index contributed by atoms with van der Waals surface area (Å²) < 4.78 is 25.4. The van der Waals surface area contributed by atoms with Gasteiger partial charge < -0.3 is 18.9 Å². The predicted molar refractivity (Wildman–Crippen MR) is 157 cm³/mol. The van der Waals surface area contributed by atoms with E-state index in [4.69, 9.17) is 18.9 Å². The van der Waals surface area contributed by atoms with Crippen molar-refractivity contribution in [2.45, 2.75) is 83.3 Å². The normalized spacial score (nSPS) is 22.3. The quantitative estimate of drug-likeness (QED) is 0.263. The number of rotatable bonds is 11. The molecule has 0 radical (unpaired) electrons. The van der Waals surface area contributed by atoms with E-state index < -0.39 is 35.5 Å². The van der Waals surface area contributed by atoms with Crippen LogP contribution in [0.15, 0.2) is 91.0 Å². The minimum absolute atomic E-state index is 0.0465. The highest BCUT2D eigenvalue weighted by atomic mass is 16.6. The zero-order valence-electron chi connectivity index (χ0n) is 24.4. The van der Waals surface area contributed by atoms with E-state index in [1.54, 1.807) is 4.90 Å². The maximum absolute atomic E-state index is 13.8. The van der Waals surface area contributed by atoms with Gasteiger partial charge in [0, 0.05) is 0 Å². The molecule has 0 bridgehead atoms. The zero-order valence-corrected chi connectivity index (χ0v) is 24.4. The van der Waals surface area contributed by atoms with Crippen molar-refractivity contribution in [1.29, 1.82) is 5.26 Å². The number of nitrogens with zero attached hydrogens (tertiary/aromatic N) is 2. The molecule has 216 valence electrons. The molecule has 3 aromatic rings. The van der Waals surface area contributed by atoms with Gasteiger partial charge in [-0.1, -0.05) is 91.0 Å². The second kappa shape index (κ2) is 13.8. The van der Waals surface area contributed by atoms with Gasteiger partial charge in [-0.2, -0.15) is 5.26 Å². The lowest BCUT2D eigenvalue weighted by atomic mass is 9.90. The van der Waals surface area contributed by atoms with Gasteiger partial charge in [0.2, 0.25) is 0 Å². The smallest absolute Gasteiger partial charge is 0.411 e. The standard InChI is InChI=1S/C34H40N2O5/c1-33(2,3)41-32(37)36-29(25-38-22-26-14-8-5-9-15-26)31(39-23-27-16-10-6-11-17-27)34(4,30(36)20-21-35)40-24-28-18-12-7-13-19-28/h5-19,29-31H,20,22-25H2,1-4H3/t29-,30+,31-,34+/m1/s1. The number of nitriles is 1. The molecule has 0 spiro atoms. The van der Waals surface area contributed by atoms with Crippen molar-refractivity contribution in [1.82, 2.24) is 4.90 Å². The molecular weight excluding hydrogens is 516 g/mol. The molecule has 0 saturated carbocycles. The Bertz CT molecular complexity index is 1270. The van der Waals surface area contributed by atoms with Crippen molar-refractivity contribution in [3.8, 4) is 6.07 Å². The van der Waals surface area contributed by atoms with Crippen LogP contribution in [0.2, 0.25) is 0 Å². The number of benzene rings is 3. The minimum atomic E-state index is -1.03. The van der Waals surface area contributed by atoms with E-state index >= 15 is 0 Å². The summed E-state index contributed by atoms with van der Waals surface area (Å²) in [5.41, 5.74) is 1.24. The summed E-state index contributed by atoms with van der Waals surface area (Å²) in [7, 11) is 0. The first-order chi connectivity index (χ1) is 19.7. The second-order valence-corrected chi connectivity index (χ2v) is 11.5. The van der Waals surface area contributed by atoms with Crippen LogP contribution >= 0.6 is 0 Å². The Labute approximate surface area is 243 Å². The lowest BCUT2D eigenvalue weighted by molar-refractivity contribution is -0.145. The summed E-state index contributed by atoms with van der Waals surface area (Å²) in [6.45, 7) is 8.58. The van der Waals surface area contributed by atoms with E-state index in [2.05, 4.69) is 6.07 Å². The van der Waals surface area contributed by atoms with Gasteiger partial charge >= 0.3 is 6.09 Å². The summed E-state index contributed by atoms with van der Waals surface area (Å²) in [6, 6.07) is 30.7. The van der Waals surface area contributed by atoms with Crippen LogP contribution < -0.4 is 0 Å². The first-order valence-corrected chi connectivity index (χ1v) is 14.0. The third kappa shape index (κ3) is 7.95. The molecule has 3 aromatic carbocycles. The number of hydrogen-bond acceptors (Lipinski definition) is 6.